The van der Waals surface area contributed by atoms with Crippen LogP contribution in [-0.2, 0) is 14.8 Å². The number of aromatic nitrogens is 4. The molecule has 0 saturated carbocycles. The Morgan fingerprint density at radius 1 is 1.17 bits per heavy atom. The molecule has 0 spiro atoms. The van der Waals surface area contributed by atoms with E-state index in [1.807, 2.05) is 44.2 Å². The number of sulfonamides is 1. The van der Waals surface area contributed by atoms with Crippen LogP contribution in [-0.4, -0.2) is 75.7 Å². The zero-order valence-corrected chi connectivity index (χ0v) is 18.0. The minimum atomic E-state index is -3.51. The van der Waals surface area contributed by atoms with Gasteiger partial charge < -0.3 is 4.90 Å². The molecule has 2 aromatic rings. The fraction of sp³-hybridized carbons (Fsp3) is 0.444. The number of hydrogen-bond donors (Lipinski definition) is 0. The molecule has 1 amide bonds. The normalized spacial score (nSPS) is 16.0. The standard InChI is InChI=1S/C18H24N6O3S2/c1-15(2)24-18(19-20-21-24)28-14-17(25)22-9-11-23(12-10-22)29(26,27)13-8-16-6-4-3-5-7-16/h3-8,13,15H,9-12,14H2,1-2H3/b13-8+. The van der Waals surface area contributed by atoms with Crippen LogP contribution in [0.2, 0.25) is 0 Å². The number of tetrazole rings is 1. The number of hydrogen-bond acceptors (Lipinski definition) is 7. The Kier molecular flexibility index (Phi) is 7.04. The van der Waals surface area contributed by atoms with Crippen LogP contribution in [0.1, 0.15) is 25.5 Å². The van der Waals surface area contributed by atoms with Crippen LogP contribution < -0.4 is 0 Å². The van der Waals surface area contributed by atoms with Gasteiger partial charge >= 0.3 is 0 Å². The van der Waals surface area contributed by atoms with Crippen molar-refractivity contribution in [3.8, 4) is 0 Å². The molecular formula is C18H24N6O3S2. The topological polar surface area (TPSA) is 101 Å². The van der Waals surface area contributed by atoms with Crippen molar-refractivity contribution in [2.75, 3.05) is 31.9 Å². The van der Waals surface area contributed by atoms with Gasteiger partial charge in [0, 0.05) is 31.6 Å². The molecule has 0 bridgehead atoms. The van der Waals surface area contributed by atoms with Crippen LogP contribution >= 0.6 is 11.8 Å². The maximum atomic E-state index is 12.5. The predicted octanol–water partition coefficient (Wildman–Crippen LogP) is 1.49. The fourth-order valence-electron chi connectivity index (χ4n) is 2.83. The first-order valence-electron chi connectivity index (χ1n) is 9.28. The third-order valence-electron chi connectivity index (χ3n) is 4.46. The summed E-state index contributed by atoms with van der Waals surface area (Å²) in [5.74, 6) is 0.165. The summed E-state index contributed by atoms with van der Waals surface area (Å²) < 4.78 is 28.1. The number of carbonyl (C=O) groups is 1. The Morgan fingerprint density at radius 2 is 1.86 bits per heavy atom. The average Bonchev–Trinajstić information content (AvgIpc) is 3.20. The SMILES string of the molecule is CC(C)n1nnnc1SCC(=O)N1CCN(S(=O)(=O)/C=C/c2ccccc2)CC1. The Hall–Kier alpha value is -2.24. The van der Waals surface area contributed by atoms with E-state index in [2.05, 4.69) is 15.5 Å². The lowest BCUT2D eigenvalue weighted by atomic mass is 10.2. The first-order chi connectivity index (χ1) is 13.9. The third-order valence-corrected chi connectivity index (χ3v) is 6.94. The van der Waals surface area contributed by atoms with Gasteiger partial charge in [0.1, 0.15) is 0 Å². The lowest BCUT2D eigenvalue weighted by Crippen LogP contribution is -2.50. The molecule has 29 heavy (non-hydrogen) atoms. The highest BCUT2D eigenvalue weighted by Gasteiger charge is 2.27. The average molecular weight is 437 g/mol. The molecular weight excluding hydrogens is 412 g/mol. The molecule has 156 valence electrons. The smallest absolute Gasteiger partial charge is 0.236 e. The summed E-state index contributed by atoms with van der Waals surface area (Å²) in [6, 6.07) is 9.39. The van der Waals surface area contributed by atoms with Crippen LogP contribution in [0.25, 0.3) is 6.08 Å². The number of benzene rings is 1. The molecule has 11 heteroatoms. The highest BCUT2D eigenvalue weighted by atomic mass is 32.2. The summed E-state index contributed by atoms with van der Waals surface area (Å²) in [6.07, 6.45) is 1.59. The van der Waals surface area contributed by atoms with E-state index in [1.165, 1.54) is 21.5 Å². The number of piperazine rings is 1. The molecule has 0 atom stereocenters. The number of nitrogens with zero attached hydrogens (tertiary/aromatic N) is 6. The van der Waals surface area contributed by atoms with Crippen molar-refractivity contribution in [3.05, 3.63) is 41.3 Å². The number of thioether (sulfide) groups is 1. The molecule has 9 nitrogen and oxygen atoms in total. The summed E-state index contributed by atoms with van der Waals surface area (Å²) in [5, 5.41) is 13.3. The molecule has 1 saturated heterocycles. The van der Waals surface area contributed by atoms with E-state index in [0.717, 1.165) is 5.56 Å². The van der Waals surface area contributed by atoms with Crippen molar-refractivity contribution in [1.82, 2.24) is 29.4 Å². The van der Waals surface area contributed by atoms with Crippen LogP contribution in [0.3, 0.4) is 0 Å². The molecule has 0 N–H and O–H groups in total. The second-order valence-electron chi connectivity index (χ2n) is 6.83. The number of carbonyl (C=O) groups excluding carboxylic acids is 1. The third kappa shape index (κ3) is 5.64. The highest BCUT2D eigenvalue weighted by Crippen LogP contribution is 2.19. The van der Waals surface area contributed by atoms with E-state index < -0.39 is 10.0 Å². The predicted molar refractivity (Wildman–Crippen MR) is 111 cm³/mol. The number of amides is 1. The van der Waals surface area contributed by atoms with Gasteiger partial charge in [-0.05, 0) is 35.9 Å². The Bertz CT molecular complexity index is 951. The summed E-state index contributed by atoms with van der Waals surface area (Å²) in [6.45, 7) is 5.23. The van der Waals surface area contributed by atoms with Gasteiger partial charge in [0.15, 0.2) is 0 Å². The van der Waals surface area contributed by atoms with Crippen molar-refractivity contribution < 1.29 is 13.2 Å². The van der Waals surface area contributed by atoms with Gasteiger partial charge in [-0.2, -0.15) is 4.31 Å². The summed E-state index contributed by atoms with van der Waals surface area (Å²) in [7, 11) is -3.51. The van der Waals surface area contributed by atoms with Gasteiger partial charge in [-0.25, -0.2) is 13.1 Å². The summed E-state index contributed by atoms with van der Waals surface area (Å²) in [4.78, 5) is 14.2. The number of rotatable bonds is 7. The molecule has 1 fully saturated rings. The van der Waals surface area contributed by atoms with Crippen LogP contribution in [0, 0.1) is 0 Å². The lowest BCUT2D eigenvalue weighted by Gasteiger charge is -2.33. The van der Waals surface area contributed by atoms with Crippen molar-refractivity contribution >= 4 is 33.8 Å². The van der Waals surface area contributed by atoms with Gasteiger partial charge in [-0.3, -0.25) is 4.79 Å². The van der Waals surface area contributed by atoms with Crippen molar-refractivity contribution in [1.29, 1.82) is 0 Å². The zero-order chi connectivity index (χ0) is 20.9. The van der Waals surface area contributed by atoms with E-state index in [4.69, 9.17) is 0 Å². The molecule has 2 heterocycles. The molecule has 0 unspecified atom stereocenters. The summed E-state index contributed by atoms with van der Waals surface area (Å²) >= 11 is 1.29. The first kappa shape index (κ1) is 21.5. The Morgan fingerprint density at radius 3 is 2.52 bits per heavy atom. The van der Waals surface area contributed by atoms with Crippen LogP contribution in [0.4, 0.5) is 0 Å². The van der Waals surface area contributed by atoms with E-state index in [1.54, 1.807) is 15.7 Å². The van der Waals surface area contributed by atoms with Gasteiger partial charge in [-0.1, -0.05) is 42.1 Å². The van der Waals surface area contributed by atoms with Crippen molar-refractivity contribution in [2.45, 2.75) is 25.0 Å². The maximum absolute atomic E-state index is 12.5. The van der Waals surface area contributed by atoms with Crippen molar-refractivity contribution in [2.24, 2.45) is 0 Å². The Labute approximate surface area is 174 Å². The second-order valence-corrected chi connectivity index (χ2v) is 9.59. The molecule has 0 aliphatic carbocycles. The lowest BCUT2D eigenvalue weighted by molar-refractivity contribution is -0.129. The van der Waals surface area contributed by atoms with E-state index >= 15 is 0 Å². The van der Waals surface area contributed by atoms with E-state index in [-0.39, 0.29) is 30.8 Å². The largest absolute Gasteiger partial charge is 0.339 e. The fourth-order valence-corrected chi connectivity index (χ4v) is 4.91. The van der Waals surface area contributed by atoms with Gasteiger partial charge in [0.25, 0.3) is 0 Å². The van der Waals surface area contributed by atoms with Gasteiger partial charge in [0.05, 0.1) is 11.8 Å². The molecule has 1 aromatic carbocycles. The minimum absolute atomic E-state index is 0.0508. The van der Waals surface area contributed by atoms with Crippen molar-refractivity contribution in [3.63, 3.8) is 0 Å². The highest BCUT2D eigenvalue weighted by molar-refractivity contribution is 7.99. The molecule has 3 rings (SSSR count). The zero-order valence-electron chi connectivity index (χ0n) is 16.4. The van der Waals surface area contributed by atoms with E-state index in [0.29, 0.717) is 18.2 Å². The molecule has 1 aliphatic rings. The molecule has 0 radical (unpaired) electrons. The summed E-state index contributed by atoms with van der Waals surface area (Å²) in [5.41, 5.74) is 0.825. The quantitative estimate of drug-likeness (QED) is 0.606. The first-order valence-corrected chi connectivity index (χ1v) is 11.8. The van der Waals surface area contributed by atoms with Crippen LogP contribution in [0.5, 0.6) is 0 Å². The van der Waals surface area contributed by atoms with Gasteiger partial charge in [-0.15, -0.1) is 5.10 Å². The van der Waals surface area contributed by atoms with E-state index in [9.17, 15) is 13.2 Å². The molecule has 1 aliphatic heterocycles. The monoisotopic (exact) mass is 436 g/mol. The minimum Gasteiger partial charge on any atom is -0.339 e. The Balaban J connectivity index is 1.51. The maximum Gasteiger partial charge on any atom is 0.236 e. The van der Waals surface area contributed by atoms with Crippen LogP contribution in [0.15, 0.2) is 40.9 Å². The molecule has 1 aromatic heterocycles. The van der Waals surface area contributed by atoms with Gasteiger partial charge in [0.2, 0.25) is 21.1 Å². The second kappa shape index (κ2) is 9.51.